The molecule has 0 unspecified atom stereocenters. The molecule has 0 spiro atoms. The van der Waals surface area contributed by atoms with Gasteiger partial charge < -0.3 is 9.84 Å². The smallest absolute Gasteiger partial charge is 0.230 e. The van der Waals surface area contributed by atoms with Gasteiger partial charge in [-0.05, 0) is 48.6 Å². The van der Waals surface area contributed by atoms with Gasteiger partial charge >= 0.3 is 0 Å². The lowest BCUT2D eigenvalue weighted by atomic mass is 10.0. The number of aromatic nitrogens is 1. The molecule has 0 radical (unpaired) electrons. The molecule has 0 saturated heterocycles. The normalized spacial score (nSPS) is 11.2. The molecule has 3 aromatic rings. The summed E-state index contributed by atoms with van der Waals surface area (Å²) >= 11 is 0. The second-order valence-corrected chi connectivity index (χ2v) is 6.55. The summed E-state index contributed by atoms with van der Waals surface area (Å²) in [7, 11) is 0. The SMILES string of the molecule is Cc1cc(C)c2c(CC(=O)Nc3ccccc3C(C)C)noc2c1. The topological polar surface area (TPSA) is 55.1 Å². The van der Waals surface area contributed by atoms with Gasteiger partial charge in [0.1, 0.15) is 5.69 Å². The van der Waals surface area contributed by atoms with E-state index in [9.17, 15) is 4.79 Å². The Hall–Kier alpha value is -2.62. The van der Waals surface area contributed by atoms with Crippen LogP contribution in [-0.4, -0.2) is 11.1 Å². The Balaban J connectivity index is 1.84. The highest BCUT2D eigenvalue weighted by Gasteiger charge is 2.16. The van der Waals surface area contributed by atoms with Crippen LogP contribution in [0.2, 0.25) is 0 Å². The first-order valence-corrected chi connectivity index (χ1v) is 8.20. The number of rotatable bonds is 4. The van der Waals surface area contributed by atoms with Crippen LogP contribution in [0.25, 0.3) is 11.0 Å². The molecule has 1 aromatic heterocycles. The minimum atomic E-state index is -0.0849. The number of benzene rings is 2. The molecule has 0 saturated carbocycles. The van der Waals surface area contributed by atoms with E-state index >= 15 is 0 Å². The van der Waals surface area contributed by atoms with Crippen molar-refractivity contribution in [2.45, 2.75) is 40.0 Å². The summed E-state index contributed by atoms with van der Waals surface area (Å²) < 4.78 is 5.39. The largest absolute Gasteiger partial charge is 0.356 e. The fraction of sp³-hybridized carbons (Fsp3) is 0.300. The first kappa shape index (κ1) is 16.2. The average Bonchev–Trinajstić information content (AvgIpc) is 2.90. The van der Waals surface area contributed by atoms with Crippen LogP contribution in [0.5, 0.6) is 0 Å². The molecule has 0 atom stereocenters. The number of nitrogens with one attached hydrogen (secondary N) is 1. The van der Waals surface area contributed by atoms with Crippen molar-refractivity contribution in [3.8, 4) is 0 Å². The first-order chi connectivity index (χ1) is 11.5. The molecule has 1 heterocycles. The van der Waals surface area contributed by atoms with Gasteiger partial charge in [-0.3, -0.25) is 4.79 Å². The summed E-state index contributed by atoms with van der Waals surface area (Å²) in [6.07, 6.45) is 0.198. The van der Waals surface area contributed by atoms with Crippen LogP contribution >= 0.6 is 0 Å². The minimum Gasteiger partial charge on any atom is -0.356 e. The zero-order valence-electron chi connectivity index (χ0n) is 14.5. The monoisotopic (exact) mass is 322 g/mol. The third-order valence-corrected chi connectivity index (χ3v) is 4.17. The minimum absolute atomic E-state index is 0.0849. The number of nitrogens with zero attached hydrogens (tertiary/aromatic N) is 1. The van der Waals surface area contributed by atoms with Crippen molar-refractivity contribution in [3.05, 3.63) is 58.8 Å². The van der Waals surface area contributed by atoms with Gasteiger partial charge in [-0.2, -0.15) is 0 Å². The number of carbonyl (C=O) groups excluding carboxylic acids is 1. The molecule has 0 fully saturated rings. The van der Waals surface area contributed by atoms with Gasteiger partial charge in [0.2, 0.25) is 5.91 Å². The fourth-order valence-electron chi connectivity index (χ4n) is 3.10. The van der Waals surface area contributed by atoms with Crippen molar-refractivity contribution in [1.29, 1.82) is 0 Å². The highest BCUT2D eigenvalue weighted by atomic mass is 16.5. The van der Waals surface area contributed by atoms with Crippen LogP contribution in [0.4, 0.5) is 5.69 Å². The second-order valence-electron chi connectivity index (χ2n) is 6.55. The number of para-hydroxylation sites is 1. The molecule has 4 nitrogen and oxygen atoms in total. The predicted octanol–water partition coefficient (Wildman–Crippen LogP) is 4.75. The van der Waals surface area contributed by atoms with E-state index < -0.39 is 0 Å². The second kappa shape index (κ2) is 6.48. The average molecular weight is 322 g/mol. The Morgan fingerprint density at radius 3 is 2.71 bits per heavy atom. The molecular formula is C20H22N2O2. The van der Waals surface area contributed by atoms with Gasteiger partial charge in [0, 0.05) is 11.1 Å². The van der Waals surface area contributed by atoms with Crippen molar-refractivity contribution in [2.24, 2.45) is 0 Å². The van der Waals surface area contributed by atoms with Crippen molar-refractivity contribution in [2.75, 3.05) is 5.32 Å². The number of anilines is 1. The first-order valence-electron chi connectivity index (χ1n) is 8.20. The molecule has 1 amide bonds. The summed E-state index contributed by atoms with van der Waals surface area (Å²) in [5.74, 6) is 0.262. The Morgan fingerprint density at radius 1 is 1.21 bits per heavy atom. The number of carbonyl (C=O) groups is 1. The van der Waals surface area contributed by atoms with Gasteiger partial charge in [0.25, 0.3) is 0 Å². The number of aryl methyl sites for hydroxylation is 2. The molecule has 0 aliphatic carbocycles. The van der Waals surface area contributed by atoms with Gasteiger partial charge in [0.15, 0.2) is 5.58 Å². The fourth-order valence-corrected chi connectivity index (χ4v) is 3.10. The Kier molecular flexibility index (Phi) is 4.38. The molecule has 4 heteroatoms. The van der Waals surface area contributed by atoms with Gasteiger partial charge in [0.05, 0.1) is 6.42 Å². The van der Waals surface area contributed by atoms with Crippen LogP contribution in [-0.2, 0) is 11.2 Å². The summed E-state index contributed by atoms with van der Waals surface area (Å²) in [4.78, 5) is 12.5. The Labute approximate surface area is 141 Å². The van der Waals surface area contributed by atoms with Gasteiger partial charge in [-0.15, -0.1) is 0 Å². The number of fused-ring (bicyclic) bond motifs is 1. The van der Waals surface area contributed by atoms with E-state index in [1.807, 2.05) is 44.2 Å². The maximum absolute atomic E-state index is 12.5. The lowest BCUT2D eigenvalue weighted by Crippen LogP contribution is -2.16. The lowest BCUT2D eigenvalue weighted by molar-refractivity contribution is -0.115. The summed E-state index contributed by atoms with van der Waals surface area (Å²) in [6, 6.07) is 11.9. The lowest BCUT2D eigenvalue weighted by Gasteiger charge is -2.13. The standard InChI is InChI=1S/C20H22N2O2/c1-12(2)15-7-5-6-8-16(15)21-19(23)11-17-20-14(4)9-13(3)10-18(20)24-22-17/h5-10,12H,11H2,1-4H3,(H,21,23). The van der Waals surface area contributed by atoms with Crippen molar-refractivity contribution < 1.29 is 9.32 Å². The van der Waals surface area contributed by atoms with Gasteiger partial charge in [-0.25, -0.2) is 0 Å². The van der Waals surface area contributed by atoms with E-state index in [4.69, 9.17) is 4.52 Å². The molecule has 124 valence electrons. The molecule has 0 bridgehead atoms. The summed E-state index contributed by atoms with van der Waals surface area (Å²) in [6.45, 7) is 8.26. The van der Waals surface area contributed by atoms with E-state index in [2.05, 4.69) is 30.4 Å². The van der Waals surface area contributed by atoms with Crippen LogP contribution < -0.4 is 5.32 Å². The molecule has 24 heavy (non-hydrogen) atoms. The highest BCUT2D eigenvalue weighted by molar-refractivity contribution is 5.96. The maximum Gasteiger partial charge on any atom is 0.230 e. The van der Waals surface area contributed by atoms with Crippen molar-refractivity contribution in [1.82, 2.24) is 5.16 Å². The zero-order valence-corrected chi connectivity index (χ0v) is 14.5. The Morgan fingerprint density at radius 2 is 1.96 bits per heavy atom. The molecule has 3 rings (SSSR count). The molecule has 1 N–H and O–H groups in total. The van der Waals surface area contributed by atoms with Crippen LogP contribution in [0.15, 0.2) is 40.9 Å². The molecular weight excluding hydrogens is 300 g/mol. The van der Waals surface area contributed by atoms with Crippen LogP contribution in [0.3, 0.4) is 0 Å². The summed E-state index contributed by atoms with van der Waals surface area (Å²) in [5, 5.41) is 8.04. The summed E-state index contributed by atoms with van der Waals surface area (Å²) in [5.41, 5.74) is 5.61. The molecule has 0 aliphatic rings. The number of hydrogen-bond donors (Lipinski definition) is 1. The van der Waals surface area contributed by atoms with E-state index in [1.165, 1.54) is 0 Å². The van der Waals surface area contributed by atoms with Gasteiger partial charge in [-0.1, -0.05) is 43.3 Å². The van der Waals surface area contributed by atoms with E-state index in [0.717, 1.165) is 33.3 Å². The van der Waals surface area contributed by atoms with E-state index in [-0.39, 0.29) is 12.3 Å². The van der Waals surface area contributed by atoms with E-state index in [1.54, 1.807) is 0 Å². The molecule has 2 aromatic carbocycles. The Bertz CT molecular complexity index is 894. The van der Waals surface area contributed by atoms with Crippen LogP contribution in [0.1, 0.15) is 42.1 Å². The van der Waals surface area contributed by atoms with Crippen LogP contribution in [0, 0.1) is 13.8 Å². The molecule has 0 aliphatic heterocycles. The number of amides is 1. The predicted molar refractivity (Wildman–Crippen MR) is 96.3 cm³/mol. The third-order valence-electron chi connectivity index (χ3n) is 4.17. The third kappa shape index (κ3) is 3.18. The quantitative estimate of drug-likeness (QED) is 0.754. The van der Waals surface area contributed by atoms with E-state index in [0.29, 0.717) is 11.6 Å². The van der Waals surface area contributed by atoms with Crippen molar-refractivity contribution >= 4 is 22.6 Å². The van der Waals surface area contributed by atoms with Crippen molar-refractivity contribution in [3.63, 3.8) is 0 Å². The highest BCUT2D eigenvalue weighted by Crippen LogP contribution is 2.26. The number of hydrogen-bond acceptors (Lipinski definition) is 3. The maximum atomic E-state index is 12.5. The zero-order chi connectivity index (χ0) is 17.3.